The molecule has 0 bridgehead atoms. The van der Waals surface area contributed by atoms with Gasteiger partial charge in [-0.3, -0.25) is 18.8 Å². The van der Waals surface area contributed by atoms with E-state index in [0.29, 0.717) is 11.5 Å². The van der Waals surface area contributed by atoms with Gasteiger partial charge < -0.3 is 21.0 Å². The van der Waals surface area contributed by atoms with Crippen LogP contribution in [0.2, 0.25) is 0 Å². The predicted molar refractivity (Wildman–Crippen MR) is 108 cm³/mol. The number of oxime groups is 1. The zero-order valence-electron chi connectivity index (χ0n) is 16.9. The van der Waals surface area contributed by atoms with Crippen LogP contribution < -0.4 is 11.1 Å². The molecule has 0 aliphatic carbocycles. The molecule has 2 amide bonds. The van der Waals surface area contributed by atoms with Crippen molar-refractivity contribution in [3.05, 3.63) is 18.5 Å². The fourth-order valence-corrected chi connectivity index (χ4v) is 3.89. The van der Waals surface area contributed by atoms with Crippen LogP contribution in [-0.4, -0.2) is 87.7 Å². The van der Waals surface area contributed by atoms with Gasteiger partial charge in [0.1, 0.15) is 18.7 Å². The summed E-state index contributed by atoms with van der Waals surface area (Å²) >= 11 is 0.714. The van der Waals surface area contributed by atoms with Gasteiger partial charge in [0.2, 0.25) is 17.1 Å². The van der Waals surface area contributed by atoms with Gasteiger partial charge in [-0.05, 0) is 13.8 Å². The number of hydrogen-bond donors (Lipinski definition) is 4. The number of carbonyl (C=O) groups is 3. The zero-order chi connectivity index (χ0) is 24.6. The predicted octanol–water partition coefficient (Wildman–Crippen LogP) is -2.51. The fraction of sp³-hybridized carbons (Fsp3) is 0.429. The number of β-lactam (4-membered cyclic amide) rings is 1. The van der Waals surface area contributed by atoms with Crippen molar-refractivity contribution in [3.8, 4) is 0 Å². The number of amides is 2. The number of aliphatic carboxylic acids is 1. The van der Waals surface area contributed by atoms with Crippen LogP contribution in [0, 0.1) is 0 Å². The number of anilines is 1. The number of aromatic nitrogens is 5. The highest BCUT2D eigenvalue weighted by atomic mass is 32.2. The third-order valence-electron chi connectivity index (χ3n) is 4.29. The van der Waals surface area contributed by atoms with Crippen LogP contribution in [-0.2, 0) is 36.1 Å². The van der Waals surface area contributed by atoms with Gasteiger partial charge in [-0.2, -0.15) is 22.9 Å². The smallest absolute Gasteiger partial charge is 0.362 e. The first-order valence-corrected chi connectivity index (χ1v) is 11.0. The molecular weight excluding hydrogens is 486 g/mol. The molecule has 178 valence electrons. The lowest BCUT2D eigenvalue weighted by atomic mass is 9.98. The van der Waals surface area contributed by atoms with E-state index in [2.05, 4.69) is 29.9 Å². The minimum atomic E-state index is -4.93. The Kier molecular flexibility index (Phi) is 6.29. The summed E-state index contributed by atoms with van der Waals surface area (Å²) in [5.41, 5.74) is 3.07. The van der Waals surface area contributed by atoms with Crippen molar-refractivity contribution in [2.45, 2.75) is 38.1 Å². The Hall–Kier alpha value is -3.71. The van der Waals surface area contributed by atoms with Crippen molar-refractivity contribution in [2.24, 2.45) is 5.16 Å². The van der Waals surface area contributed by atoms with Crippen LogP contribution >= 0.6 is 11.5 Å². The van der Waals surface area contributed by atoms with Gasteiger partial charge in [0.15, 0.2) is 5.13 Å². The molecule has 0 radical (unpaired) electrons. The monoisotopic (exact) mass is 503 g/mol. The molecule has 1 fully saturated rings. The summed E-state index contributed by atoms with van der Waals surface area (Å²) in [5, 5.41) is 18.7. The van der Waals surface area contributed by atoms with Crippen LogP contribution in [0.3, 0.4) is 0 Å². The van der Waals surface area contributed by atoms with Gasteiger partial charge in [-0.25, -0.2) is 14.1 Å². The number of nitrogens with two attached hydrogens (primary N) is 1. The molecule has 33 heavy (non-hydrogen) atoms. The number of hydrogen-bond acceptors (Lipinski definition) is 13. The summed E-state index contributed by atoms with van der Waals surface area (Å²) in [6, 6.07) is -2.69. The van der Waals surface area contributed by atoms with E-state index >= 15 is 0 Å². The van der Waals surface area contributed by atoms with Gasteiger partial charge >= 0.3 is 16.3 Å². The summed E-state index contributed by atoms with van der Waals surface area (Å²) in [4.78, 5) is 49.0. The van der Waals surface area contributed by atoms with E-state index in [-0.39, 0.29) is 21.8 Å². The first kappa shape index (κ1) is 23.9. The summed E-state index contributed by atoms with van der Waals surface area (Å²) in [5.74, 6) is -3.93. The van der Waals surface area contributed by atoms with Gasteiger partial charge in [-0.1, -0.05) is 5.16 Å². The first-order valence-electron chi connectivity index (χ1n) is 8.84. The van der Waals surface area contributed by atoms with Crippen LogP contribution in [0.5, 0.6) is 0 Å². The van der Waals surface area contributed by atoms with Crippen molar-refractivity contribution in [1.29, 1.82) is 0 Å². The molecule has 0 spiro atoms. The third-order valence-corrected chi connectivity index (χ3v) is 5.78. The minimum Gasteiger partial charge on any atom is -0.478 e. The zero-order valence-corrected chi connectivity index (χ0v) is 18.5. The Morgan fingerprint density at radius 2 is 2.12 bits per heavy atom. The Balaban J connectivity index is 1.88. The van der Waals surface area contributed by atoms with E-state index in [4.69, 9.17) is 15.7 Å². The average molecular weight is 503 g/mol. The Morgan fingerprint density at radius 3 is 2.64 bits per heavy atom. The Bertz CT molecular complexity index is 1210. The van der Waals surface area contributed by atoms with Gasteiger partial charge in [0.25, 0.3) is 11.8 Å². The molecule has 0 saturated carbocycles. The van der Waals surface area contributed by atoms with Crippen LogP contribution in [0.25, 0.3) is 0 Å². The van der Waals surface area contributed by atoms with Gasteiger partial charge in [0.05, 0.1) is 12.6 Å². The molecule has 3 heterocycles. The maximum Gasteiger partial charge on any atom is 0.362 e. The van der Waals surface area contributed by atoms with E-state index < -0.39 is 51.5 Å². The summed E-state index contributed by atoms with van der Waals surface area (Å²) in [6.45, 7) is 2.10. The molecule has 5 N–H and O–H groups in total. The Labute approximate surface area is 189 Å². The second kappa shape index (κ2) is 8.67. The molecule has 2 atom stereocenters. The summed E-state index contributed by atoms with van der Waals surface area (Å²) in [7, 11) is -4.93. The minimum absolute atomic E-state index is 0.0377. The standard InChI is InChI=1S/C14H17N9O8S2/c1-14(2,12(26)27)31-20-8(9-19-13(15)32-21-9)10(24)18-7-6(3-22-5-16-4-17-22)23(11(7)25)33(28,29)30/h4-7H,3H2,1-2H3,(H,18,24)(H,26,27)(H2,15,19,21)(H,28,29,30)/t6-,7+/m1/s1. The highest BCUT2D eigenvalue weighted by Gasteiger charge is 2.54. The van der Waals surface area contributed by atoms with Crippen molar-refractivity contribution in [2.75, 3.05) is 5.73 Å². The maximum atomic E-state index is 12.9. The van der Waals surface area contributed by atoms with Crippen LogP contribution in [0.15, 0.2) is 17.8 Å². The van der Waals surface area contributed by atoms with Gasteiger partial charge in [-0.15, -0.1) is 0 Å². The van der Waals surface area contributed by atoms with Gasteiger partial charge in [0, 0.05) is 11.5 Å². The highest BCUT2D eigenvalue weighted by Crippen LogP contribution is 2.25. The number of nitrogen functional groups attached to an aromatic ring is 1. The topological polar surface area (TPSA) is 245 Å². The molecule has 0 unspecified atom stereocenters. The van der Waals surface area contributed by atoms with E-state index in [1.165, 1.54) is 24.9 Å². The SMILES string of the molecule is CC(C)(ON=C(C(=O)N[C@@H]1C(=O)N(S(=O)(=O)O)[C@@H]1Cn1cncn1)c1nsc(N)n1)C(=O)O. The molecule has 19 heteroatoms. The number of carboxylic acids is 1. The van der Waals surface area contributed by atoms with Crippen molar-refractivity contribution >= 4 is 50.5 Å². The molecule has 2 aromatic heterocycles. The molecule has 2 aromatic rings. The van der Waals surface area contributed by atoms with E-state index in [1.807, 2.05) is 0 Å². The lowest BCUT2D eigenvalue weighted by Crippen LogP contribution is -2.73. The largest absolute Gasteiger partial charge is 0.478 e. The molecule has 17 nitrogen and oxygen atoms in total. The van der Waals surface area contributed by atoms with E-state index in [1.54, 1.807) is 0 Å². The fourth-order valence-electron chi connectivity index (χ4n) is 2.58. The first-order chi connectivity index (χ1) is 15.3. The normalized spacial score (nSPS) is 19.2. The Morgan fingerprint density at radius 1 is 1.42 bits per heavy atom. The molecule has 1 saturated heterocycles. The molecular formula is C14H17N9O8S2. The van der Waals surface area contributed by atoms with Crippen LogP contribution in [0.4, 0.5) is 5.13 Å². The molecule has 1 aliphatic rings. The maximum absolute atomic E-state index is 12.9. The second-order valence-corrected chi connectivity index (χ2v) is 9.12. The van der Waals surface area contributed by atoms with Crippen molar-refractivity contribution < 1.29 is 37.3 Å². The third kappa shape index (κ3) is 5.04. The number of carboxylic acid groups (broad SMARTS) is 1. The van der Waals surface area contributed by atoms with Crippen LogP contribution in [0.1, 0.15) is 19.7 Å². The van der Waals surface area contributed by atoms with E-state index in [9.17, 15) is 27.4 Å². The summed E-state index contributed by atoms with van der Waals surface area (Å²) < 4.78 is 37.7. The lowest BCUT2D eigenvalue weighted by molar-refractivity contribution is -0.161. The average Bonchev–Trinajstić information content (AvgIpc) is 3.36. The lowest BCUT2D eigenvalue weighted by Gasteiger charge is -2.43. The molecule has 1 aliphatic heterocycles. The number of nitrogens with one attached hydrogen (secondary N) is 1. The molecule has 3 rings (SSSR count). The second-order valence-electron chi connectivity index (χ2n) is 7.05. The number of rotatable bonds is 9. The number of carbonyl (C=O) groups excluding carboxylic acids is 2. The summed E-state index contributed by atoms with van der Waals surface area (Å²) in [6.07, 6.45) is 2.40. The van der Waals surface area contributed by atoms with Crippen molar-refractivity contribution in [3.63, 3.8) is 0 Å². The molecule has 0 aromatic carbocycles. The van der Waals surface area contributed by atoms with Crippen molar-refractivity contribution in [1.82, 2.24) is 33.7 Å². The van der Waals surface area contributed by atoms with E-state index in [0.717, 1.165) is 6.33 Å². The highest BCUT2D eigenvalue weighted by molar-refractivity contribution is 7.84. The quantitative estimate of drug-likeness (QED) is 0.120. The number of nitrogens with zero attached hydrogens (tertiary/aromatic N) is 7.